The highest BCUT2D eigenvalue weighted by molar-refractivity contribution is 6.29. The molecule has 2 aliphatic heterocycles. The van der Waals surface area contributed by atoms with Gasteiger partial charge in [0.05, 0.1) is 12.1 Å². The lowest BCUT2D eigenvalue weighted by Gasteiger charge is -2.48. The largest absolute Gasteiger partial charge is 0.442 e. The third-order valence-corrected chi connectivity index (χ3v) is 4.30. The van der Waals surface area contributed by atoms with Crippen LogP contribution in [0.3, 0.4) is 0 Å². The number of pyridine rings is 1. The summed E-state index contributed by atoms with van der Waals surface area (Å²) in [6, 6.07) is 3.76. The molecule has 0 unspecified atom stereocenters. The topological polar surface area (TPSA) is 51.7 Å². The monoisotopic (exact) mass is 324 g/mol. The van der Waals surface area contributed by atoms with Gasteiger partial charge in [0.2, 0.25) is 0 Å². The highest BCUT2D eigenvalue weighted by Gasteiger charge is 2.46. The van der Waals surface area contributed by atoms with Crippen molar-refractivity contribution in [2.24, 2.45) is 0 Å². The third kappa shape index (κ3) is 3.20. The average Bonchev–Trinajstić information content (AvgIpc) is 2.46. The Morgan fingerprint density at radius 1 is 1.41 bits per heavy atom. The first kappa shape index (κ1) is 15.6. The Labute approximate surface area is 135 Å². The van der Waals surface area contributed by atoms with Crippen LogP contribution in [0.4, 0.5) is 4.79 Å². The Morgan fingerprint density at radius 3 is 2.77 bits per heavy atom. The van der Waals surface area contributed by atoms with E-state index >= 15 is 0 Å². The molecule has 1 aliphatic carbocycles. The number of fused-ring (bicyclic) bond motifs is 3. The van der Waals surface area contributed by atoms with Crippen molar-refractivity contribution in [1.29, 1.82) is 0 Å². The van der Waals surface area contributed by atoms with Crippen LogP contribution in [-0.4, -0.2) is 33.9 Å². The number of aromatic nitrogens is 1. The highest BCUT2D eigenvalue weighted by atomic mass is 35.5. The number of nitrogens with zero attached hydrogens (tertiary/aromatic N) is 2. The molecule has 1 aromatic rings. The molecule has 0 N–H and O–H groups in total. The standard InChI is InChI=1S/C16H21ClN2O3/c1-16(2,3)21-15(20)19-13-6-5-11(22-19)8-12(13)10-4-7-14(17)18-9-10/h4,7,9,11-13H,5-6,8H2,1-3H3/t11-,12+,13+/m0/s1. The van der Waals surface area contributed by atoms with Crippen LogP contribution in [-0.2, 0) is 9.57 Å². The third-order valence-electron chi connectivity index (χ3n) is 4.08. The molecule has 4 rings (SSSR count). The second kappa shape index (κ2) is 5.70. The first-order chi connectivity index (χ1) is 10.3. The van der Waals surface area contributed by atoms with Gasteiger partial charge in [0, 0.05) is 12.1 Å². The van der Waals surface area contributed by atoms with Crippen LogP contribution in [0.25, 0.3) is 0 Å². The Kier molecular flexibility index (Phi) is 4.03. The van der Waals surface area contributed by atoms with E-state index in [0.29, 0.717) is 5.15 Å². The van der Waals surface area contributed by atoms with E-state index in [0.717, 1.165) is 24.8 Å². The number of hydrogen-bond donors (Lipinski definition) is 0. The summed E-state index contributed by atoms with van der Waals surface area (Å²) in [7, 11) is 0. The zero-order chi connectivity index (χ0) is 15.9. The Morgan fingerprint density at radius 2 is 2.18 bits per heavy atom. The van der Waals surface area contributed by atoms with Gasteiger partial charge in [-0.25, -0.2) is 9.78 Å². The number of carbonyl (C=O) groups excluding carboxylic acids is 1. The first-order valence-corrected chi connectivity index (χ1v) is 8.02. The van der Waals surface area contributed by atoms with E-state index in [1.807, 2.05) is 26.8 Å². The van der Waals surface area contributed by atoms with Gasteiger partial charge in [-0.3, -0.25) is 4.84 Å². The molecular formula is C16H21ClN2O3. The summed E-state index contributed by atoms with van der Waals surface area (Å²) in [5.74, 6) is 0.213. The zero-order valence-electron chi connectivity index (χ0n) is 13.1. The van der Waals surface area contributed by atoms with E-state index in [-0.39, 0.29) is 18.1 Å². The van der Waals surface area contributed by atoms with Crippen molar-refractivity contribution >= 4 is 17.7 Å². The van der Waals surface area contributed by atoms with E-state index in [1.165, 1.54) is 5.06 Å². The maximum atomic E-state index is 12.4. The van der Waals surface area contributed by atoms with E-state index < -0.39 is 11.7 Å². The predicted octanol–water partition coefficient (Wildman–Crippen LogP) is 3.92. The summed E-state index contributed by atoms with van der Waals surface area (Å²) in [5, 5.41) is 1.91. The SMILES string of the molecule is CC(C)(C)OC(=O)N1O[C@H]2CC[C@@H]1[C@@H](c1ccc(Cl)nc1)C2. The average molecular weight is 325 g/mol. The van der Waals surface area contributed by atoms with Crippen LogP contribution in [0.1, 0.15) is 51.5 Å². The molecule has 3 heterocycles. The van der Waals surface area contributed by atoms with Crippen LogP contribution in [0.5, 0.6) is 0 Å². The van der Waals surface area contributed by atoms with Crippen molar-refractivity contribution in [2.45, 2.75) is 63.7 Å². The lowest BCUT2D eigenvalue weighted by atomic mass is 9.77. The van der Waals surface area contributed by atoms with E-state index in [1.54, 1.807) is 12.3 Å². The number of hydrogen-bond acceptors (Lipinski definition) is 4. The number of amides is 1. The molecule has 0 spiro atoms. The number of ether oxygens (including phenoxy) is 1. The van der Waals surface area contributed by atoms with Crippen molar-refractivity contribution in [1.82, 2.24) is 10.0 Å². The first-order valence-electron chi connectivity index (χ1n) is 7.64. The number of hydroxylamine groups is 2. The summed E-state index contributed by atoms with van der Waals surface area (Å²) in [6.45, 7) is 5.56. The molecule has 120 valence electrons. The van der Waals surface area contributed by atoms with E-state index in [9.17, 15) is 4.79 Å². The van der Waals surface area contributed by atoms with Crippen LogP contribution in [0.2, 0.25) is 5.15 Å². The van der Waals surface area contributed by atoms with Crippen molar-refractivity contribution < 1.29 is 14.4 Å². The van der Waals surface area contributed by atoms with Crippen molar-refractivity contribution in [2.75, 3.05) is 0 Å². The number of rotatable bonds is 1. The van der Waals surface area contributed by atoms with E-state index in [2.05, 4.69) is 4.98 Å². The molecule has 22 heavy (non-hydrogen) atoms. The fourth-order valence-electron chi connectivity index (χ4n) is 3.18. The summed E-state index contributed by atoms with van der Waals surface area (Å²) in [6.07, 6.45) is 4.22. The molecule has 5 nitrogen and oxygen atoms in total. The van der Waals surface area contributed by atoms with Gasteiger partial charge < -0.3 is 4.74 Å². The van der Waals surface area contributed by atoms with Gasteiger partial charge in [0.25, 0.3) is 0 Å². The fourth-order valence-corrected chi connectivity index (χ4v) is 3.29. The highest BCUT2D eigenvalue weighted by Crippen LogP contribution is 2.43. The van der Waals surface area contributed by atoms with Crippen molar-refractivity contribution in [3.63, 3.8) is 0 Å². The minimum Gasteiger partial charge on any atom is -0.442 e. The number of halogens is 1. The lowest BCUT2D eigenvalue weighted by Crippen LogP contribution is -2.55. The second-order valence-electron chi connectivity index (χ2n) is 6.93. The summed E-state index contributed by atoms with van der Waals surface area (Å²) in [5.41, 5.74) is 0.560. The van der Waals surface area contributed by atoms with Gasteiger partial charge in [-0.15, -0.1) is 0 Å². The molecule has 2 bridgehead atoms. The molecule has 3 aliphatic rings. The Bertz CT molecular complexity index is 556. The summed E-state index contributed by atoms with van der Waals surface area (Å²) < 4.78 is 5.46. The second-order valence-corrected chi connectivity index (χ2v) is 7.32. The number of carbonyl (C=O) groups is 1. The molecule has 1 amide bonds. The maximum Gasteiger partial charge on any atom is 0.434 e. The van der Waals surface area contributed by atoms with Crippen molar-refractivity contribution in [3.8, 4) is 0 Å². The van der Waals surface area contributed by atoms with Gasteiger partial charge in [0.1, 0.15) is 10.8 Å². The molecule has 3 fully saturated rings. The maximum absolute atomic E-state index is 12.4. The fraction of sp³-hybridized carbons (Fsp3) is 0.625. The van der Waals surface area contributed by atoms with Gasteiger partial charge in [0.15, 0.2) is 0 Å². The quantitative estimate of drug-likeness (QED) is 0.735. The van der Waals surface area contributed by atoms with E-state index in [4.69, 9.17) is 21.2 Å². The lowest BCUT2D eigenvalue weighted by molar-refractivity contribution is -0.261. The molecular weight excluding hydrogens is 304 g/mol. The van der Waals surface area contributed by atoms with Gasteiger partial charge in [-0.1, -0.05) is 17.7 Å². The minimum atomic E-state index is -0.533. The smallest absolute Gasteiger partial charge is 0.434 e. The van der Waals surface area contributed by atoms with Crippen LogP contribution < -0.4 is 0 Å². The summed E-state index contributed by atoms with van der Waals surface area (Å²) >= 11 is 5.86. The van der Waals surface area contributed by atoms with Crippen LogP contribution in [0, 0.1) is 0 Å². The van der Waals surface area contributed by atoms with Crippen LogP contribution >= 0.6 is 11.6 Å². The molecule has 0 aromatic carbocycles. The Hall–Kier alpha value is -1.33. The minimum absolute atomic E-state index is 0.0113. The predicted molar refractivity (Wildman–Crippen MR) is 82.6 cm³/mol. The molecule has 3 atom stereocenters. The molecule has 1 saturated carbocycles. The Balaban J connectivity index is 1.80. The van der Waals surface area contributed by atoms with Crippen LogP contribution in [0.15, 0.2) is 18.3 Å². The van der Waals surface area contributed by atoms with Gasteiger partial charge in [-0.2, -0.15) is 5.06 Å². The molecule has 1 aromatic heterocycles. The van der Waals surface area contributed by atoms with Crippen molar-refractivity contribution in [3.05, 3.63) is 29.0 Å². The van der Waals surface area contributed by atoms with Gasteiger partial charge >= 0.3 is 6.09 Å². The molecule has 0 radical (unpaired) electrons. The normalized spacial score (nSPS) is 27.8. The van der Waals surface area contributed by atoms with Gasteiger partial charge in [-0.05, 0) is 51.7 Å². The zero-order valence-corrected chi connectivity index (χ0v) is 13.8. The molecule has 6 heteroatoms. The molecule has 2 saturated heterocycles. The summed E-state index contributed by atoms with van der Waals surface area (Å²) in [4.78, 5) is 22.3.